The summed E-state index contributed by atoms with van der Waals surface area (Å²) >= 11 is 0. The standard InChI is InChI=1S/C16H19NO2S/c1-19-16-8-7-14(9-15(16)10-17)12-20(18)11-13-5-3-2-4-6-13/h2-9H,10-12,17H2,1H3. The normalized spacial score (nSPS) is 12.1. The summed E-state index contributed by atoms with van der Waals surface area (Å²) in [4.78, 5) is 0. The molecule has 0 aliphatic rings. The van der Waals surface area contributed by atoms with Crippen LogP contribution in [0.5, 0.6) is 5.75 Å². The quantitative estimate of drug-likeness (QED) is 0.889. The van der Waals surface area contributed by atoms with Crippen LogP contribution >= 0.6 is 0 Å². The van der Waals surface area contributed by atoms with E-state index in [4.69, 9.17) is 10.5 Å². The van der Waals surface area contributed by atoms with Gasteiger partial charge in [0.15, 0.2) is 0 Å². The maximum absolute atomic E-state index is 12.2. The lowest BCUT2D eigenvalue weighted by Gasteiger charge is -2.09. The van der Waals surface area contributed by atoms with Crippen LogP contribution in [0.25, 0.3) is 0 Å². The first-order chi connectivity index (χ1) is 9.72. The van der Waals surface area contributed by atoms with Gasteiger partial charge in [-0.2, -0.15) is 0 Å². The topological polar surface area (TPSA) is 52.3 Å². The van der Waals surface area contributed by atoms with Crippen molar-refractivity contribution >= 4 is 10.8 Å². The Morgan fingerprint density at radius 2 is 1.75 bits per heavy atom. The van der Waals surface area contributed by atoms with Crippen molar-refractivity contribution in [3.8, 4) is 5.75 Å². The molecule has 2 aromatic rings. The van der Waals surface area contributed by atoms with E-state index < -0.39 is 10.8 Å². The maximum Gasteiger partial charge on any atom is 0.123 e. The molecule has 0 heterocycles. The zero-order valence-electron chi connectivity index (χ0n) is 11.5. The van der Waals surface area contributed by atoms with E-state index >= 15 is 0 Å². The number of hydrogen-bond acceptors (Lipinski definition) is 3. The van der Waals surface area contributed by atoms with Gasteiger partial charge >= 0.3 is 0 Å². The van der Waals surface area contributed by atoms with Gasteiger partial charge < -0.3 is 10.5 Å². The van der Waals surface area contributed by atoms with Gasteiger partial charge in [0.05, 0.1) is 7.11 Å². The summed E-state index contributed by atoms with van der Waals surface area (Å²) in [7, 11) is 0.704. The molecule has 1 unspecified atom stereocenters. The van der Waals surface area contributed by atoms with Crippen LogP contribution in [0.2, 0.25) is 0 Å². The van der Waals surface area contributed by atoms with Crippen molar-refractivity contribution in [3.63, 3.8) is 0 Å². The number of nitrogens with two attached hydrogens (primary N) is 1. The van der Waals surface area contributed by atoms with Gasteiger partial charge in [-0.05, 0) is 23.3 Å². The zero-order valence-corrected chi connectivity index (χ0v) is 12.4. The molecule has 20 heavy (non-hydrogen) atoms. The Labute approximate surface area is 122 Å². The van der Waals surface area contributed by atoms with E-state index in [1.807, 2.05) is 48.5 Å². The summed E-state index contributed by atoms with van der Waals surface area (Å²) < 4.78 is 17.4. The van der Waals surface area contributed by atoms with Crippen molar-refractivity contribution in [2.45, 2.75) is 18.1 Å². The fourth-order valence-electron chi connectivity index (χ4n) is 2.08. The van der Waals surface area contributed by atoms with Crippen molar-refractivity contribution in [2.75, 3.05) is 7.11 Å². The first-order valence-corrected chi connectivity index (χ1v) is 7.96. The molecule has 3 nitrogen and oxygen atoms in total. The second-order valence-corrected chi connectivity index (χ2v) is 6.02. The largest absolute Gasteiger partial charge is 0.496 e. The molecule has 0 spiro atoms. The molecule has 0 aliphatic heterocycles. The molecule has 0 amide bonds. The van der Waals surface area contributed by atoms with Crippen LogP contribution in [-0.2, 0) is 28.9 Å². The summed E-state index contributed by atoms with van der Waals surface area (Å²) in [6.07, 6.45) is 0. The van der Waals surface area contributed by atoms with Crippen molar-refractivity contribution in [1.29, 1.82) is 0 Å². The van der Waals surface area contributed by atoms with Crippen molar-refractivity contribution < 1.29 is 8.95 Å². The van der Waals surface area contributed by atoms with E-state index in [9.17, 15) is 4.21 Å². The maximum atomic E-state index is 12.2. The van der Waals surface area contributed by atoms with Crippen LogP contribution in [-0.4, -0.2) is 11.3 Å². The minimum Gasteiger partial charge on any atom is -0.496 e. The molecule has 0 saturated carbocycles. The Kier molecular flexibility index (Phi) is 5.32. The first kappa shape index (κ1) is 14.8. The van der Waals surface area contributed by atoms with E-state index in [2.05, 4.69) is 0 Å². The zero-order chi connectivity index (χ0) is 14.4. The van der Waals surface area contributed by atoms with E-state index in [1.165, 1.54) is 0 Å². The van der Waals surface area contributed by atoms with Gasteiger partial charge in [-0.3, -0.25) is 4.21 Å². The average molecular weight is 289 g/mol. The highest BCUT2D eigenvalue weighted by Crippen LogP contribution is 2.20. The second kappa shape index (κ2) is 7.22. The molecule has 106 valence electrons. The monoisotopic (exact) mass is 289 g/mol. The lowest BCUT2D eigenvalue weighted by atomic mass is 10.1. The third-order valence-electron chi connectivity index (χ3n) is 3.06. The molecular weight excluding hydrogens is 270 g/mol. The number of methoxy groups -OCH3 is 1. The number of hydrogen-bond donors (Lipinski definition) is 1. The molecular formula is C16H19NO2S. The van der Waals surface area contributed by atoms with E-state index in [0.717, 1.165) is 22.4 Å². The summed E-state index contributed by atoms with van der Waals surface area (Å²) in [5, 5.41) is 0. The number of rotatable bonds is 6. The van der Waals surface area contributed by atoms with Gasteiger partial charge in [-0.25, -0.2) is 0 Å². The Morgan fingerprint density at radius 1 is 1.05 bits per heavy atom. The Morgan fingerprint density at radius 3 is 2.40 bits per heavy atom. The van der Waals surface area contributed by atoms with Gasteiger partial charge in [0.2, 0.25) is 0 Å². The molecule has 0 fully saturated rings. The Bertz CT molecular complexity index is 584. The molecule has 0 aliphatic carbocycles. The number of ether oxygens (including phenoxy) is 1. The fourth-order valence-corrected chi connectivity index (χ4v) is 3.30. The van der Waals surface area contributed by atoms with Crippen LogP contribution in [0.3, 0.4) is 0 Å². The van der Waals surface area contributed by atoms with Gasteiger partial charge in [-0.15, -0.1) is 0 Å². The molecule has 4 heteroatoms. The summed E-state index contributed by atoms with van der Waals surface area (Å²) in [6.45, 7) is 0.419. The molecule has 2 aromatic carbocycles. The molecule has 1 atom stereocenters. The Hall–Kier alpha value is -1.65. The van der Waals surface area contributed by atoms with Gasteiger partial charge in [-0.1, -0.05) is 36.4 Å². The smallest absolute Gasteiger partial charge is 0.123 e. The summed E-state index contributed by atoms with van der Waals surface area (Å²) in [5.74, 6) is 1.89. The van der Waals surface area contributed by atoms with Gasteiger partial charge in [0, 0.05) is 34.4 Å². The first-order valence-electron chi connectivity index (χ1n) is 6.47. The summed E-state index contributed by atoms with van der Waals surface area (Å²) in [6, 6.07) is 15.7. The minimum absolute atomic E-state index is 0.419. The highest BCUT2D eigenvalue weighted by atomic mass is 32.2. The average Bonchev–Trinajstić information content (AvgIpc) is 2.48. The van der Waals surface area contributed by atoms with E-state index in [0.29, 0.717) is 18.1 Å². The molecule has 0 bridgehead atoms. The predicted octanol–water partition coefficient (Wildman–Crippen LogP) is 2.60. The van der Waals surface area contributed by atoms with Crippen LogP contribution in [0.4, 0.5) is 0 Å². The lowest BCUT2D eigenvalue weighted by Crippen LogP contribution is -2.03. The van der Waals surface area contributed by atoms with Crippen LogP contribution in [0.15, 0.2) is 48.5 Å². The predicted molar refractivity (Wildman–Crippen MR) is 82.9 cm³/mol. The molecule has 0 radical (unpaired) electrons. The van der Waals surface area contributed by atoms with Gasteiger partial charge in [0.1, 0.15) is 5.75 Å². The minimum atomic E-state index is -0.922. The fraction of sp³-hybridized carbons (Fsp3) is 0.250. The van der Waals surface area contributed by atoms with Crippen LogP contribution in [0.1, 0.15) is 16.7 Å². The van der Waals surface area contributed by atoms with Crippen LogP contribution in [0, 0.1) is 0 Å². The third kappa shape index (κ3) is 3.92. The number of benzene rings is 2. The van der Waals surface area contributed by atoms with Crippen molar-refractivity contribution in [2.24, 2.45) is 5.73 Å². The third-order valence-corrected chi connectivity index (χ3v) is 4.37. The van der Waals surface area contributed by atoms with Crippen molar-refractivity contribution in [3.05, 3.63) is 65.2 Å². The lowest BCUT2D eigenvalue weighted by molar-refractivity contribution is 0.409. The molecule has 0 aromatic heterocycles. The SMILES string of the molecule is COc1ccc(CS(=O)Cc2ccccc2)cc1CN. The molecule has 0 saturated heterocycles. The van der Waals surface area contributed by atoms with E-state index in [-0.39, 0.29) is 0 Å². The molecule has 2 rings (SSSR count). The summed E-state index contributed by atoms with van der Waals surface area (Å²) in [5.41, 5.74) is 8.76. The van der Waals surface area contributed by atoms with E-state index in [1.54, 1.807) is 7.11 Å². The van der Waals surface area contributed by atoms with Gasteiger partial charge in [0.25, 0.3) is 0 Å². The Balaban J connectivity index is 2.04. The highest BCUT2D eigenvalue weighted by molar-refractivity contribution is 7.83. The van der Waals surface area contributed by atoms with Crippen LogP contribution < -0.4 is 10.5 Å². The van der Waals surface area contributed by atoms with Crippen molar-refractivity contribution in [1.82, 2.24) is 0 Å². The second-order valence-electron chi connectivity index (χ2n) is 4.56. The highest BCUT2D eigenvalue weighted by Gasteiger charge is 2.07. The molecule has 2 N–H and O–H groups in total.